The van der Waals surface area contributed by atoms with Crippen LogP contribution in [0.3, 0.4) is 0 Å². The monoisotopic (exact) mass is 262 g/mol. The fraction of sp³-hybridized carbons (Fsp3) is 1.00. The second kappa shape index (κ2) is 5.03. The van der Waals surface area contributed by atoms with Crippen LogP contribution >= 0.6 is 7.91 Å². The minimum atomic E-state index is -5.41. The van der Waals surface area contributed by atoms with Crippen molar-refractivity contribution in [1.82, 2.24) is 0 Å². The molecule has 0 bridgehead atoms. The molecule has 1 unspecified atom stereocenters. The van der Waals surface area contributed by atoms with Gasteiger partial charge in [0.15, 0.2) is 6.29 Å². The fourth-order valence-corrected chi connectivity index (χ4v) is 1.71. The third kappa shape index (κ3) is 3.19. The molecule has 0 spiro atoms. The number of aliphatic hydroxyl groups excluding tert-OH is 4. The van der Waals surface area contributed by atoms with Crippen molar-refractivity contribution in [3.05, 3.63) is 0 Å². The zero-order valence-electron chi connectivity index (χ0n) is 7.88. The minimum absolute atomic E-state index is 0.743. The largest absolute Gasteiger partial charge is 0.512 e. The molecule has 5 N–H and O–H groups in total. The maximum Gasteiger partial charge on any atom is 0.512 e. The van der Waals surface area contributed by atoms with E-state index in [1.54, 1.807) is 0 Å². The van der Waals surface area contributed by atoms with Gasteiger partial charge in [0.25, 0.3) is 0 Å². The molecule has 16 heavy (non-hydrogen) atoms. The molecule has 0 saturated carbocycles. The van der Waals surface area contributed by atoms with Crippen molar-refractivity contribution in [3.63, 3.8) is 0 Å². The second-order valence-corrected chi connectivity index (χ2v) is 4.37. The molecule has 10 heteroatoms. The third-order valence-electron chi connectivity index (χ3n) is 2.08. The Kier molecular flexibility index (Phi) is 4.38. The van der Waals surface area contributed by atoms with Gasteiger partial charge >= 0.3 is 7.91 Å². The highest BCUT2D eigenvalue weighted by Crippen LogP contribution is 2.46. The van der Waals surface area contributed by atoms with Crippen molar-refractivity contribution in [2.75, 3.05) is 6.61 Å². The van der Waals surface area contributed by atoms with Gasteiger partial charge in [-0.2, -0.15) is 0 Å². The Morgan fingerprint density at radius 2 is 1.81 bits per heavy atom. The highest BCUT2D eigenvalue weighted by atomic mass is 31.2. The number of hydrogen-bond donors (Lipinski definition) is 5. The summed E-state index contributed by atoms with van der Waals surface area (Å²) in [6.45, 7) is -0.743. The summed E-state index contributed by atoms with van der Waals surface area (Å²) in [5.74, 6) is 0. The van der Waals surface area contributed by atoms with Gasteiger partial charge in [-0.25, -0.2) is 4.57 Å². The van der Waals surface area contributed by atoms with Gasteiger partial charge in [0.2, 0.25) is 0 Å². The standard InChI is InChI=1S/C6H12FO8P/c7-16(12,13)15-6-5(11)4(10)3(9)2(1-8)14-6/h2-6,8-11H,1H2,(H,12,13)/t2-,3-,4+,5-,6-/m1/s1. The van der Waals surface area contributed by atoms with E-state index in [0.717, 1.165) is 0 Å². The van der Waals surface area contributed by atoms with Crippen molar-refractivity contribution in [1.29, 1.82) is 0 Å². The van der Waals surface area contributed by atoms with Gasteiger partial charge < -0.3 is 25.2 Å². The first-order chi connectivity index (χ1) is 7.26. The Hall–Kier alpha value is -0.120. The van der Waals surface area contributed by atoms with Crippen LogP contribution < -0.4 is 0 Å². The Bertz CT molecular complexity index is 280. The van der Waals surface area contributed by atoms with Crippen molar-refractivity contribution >= 4 is 7.91 Å². The zero-order chi connectivity index (χ0) is 12.5. The van der Waals surface area contributed by atoms with E-state index in [2.05, 4.69) is 9.26 Å². The lowest BCUT2D eigenvalue weighted by Gasteiger charge is -2.39. The van der Waals surface area contributed by atoms with Gasteiger partial charge in [0.05, 0.1) is 6.61 Å². The molecule has 8 nitrogen and oxygen atoms in total. The molecular weight excluding hydrogens is 250 g/mol. The lowest BCUT2D eigenvalue weighted by molar-refractivity contribution is -0.280. The number of halogens is 1. The first kappa shape index (κ1) is 13.9. The van der Waals surface area contributed by atoms with Gasteiger partial charge in [-0.1, -0.05) is 0 Å². The normalized spacial score (nSPS) is 44.0. The van der Waals surface area contributed by atoms with Crippen molar-refractivity contribution in [3.8, 4) is 0 Å². The minimum Gasteiger partial charge on any atom is -0.394 e. The summed E-state index contributed by atoms with van der Waals surface area (Å²) in [4.78, 5) is 8.27. The first-order valence-corrected chi connectivity index (χ1v) is 5.74. The number of hydrogen-bond acceptors (Lipinski definition) is 7. The Balaban J connectivity index is 2.75. The van der Waals surface area contributed by atoms with Gasteiger partial charge in [-0.05, 0) is 0 Å². The van der Waals surface area contributed by atoms with E-state index in [1.165, 1.54) is 0 Å². The molecule has 0 aliphatic carbocycles. The van der Waals surface area contributed by atoms with Crippen LogP contribution in [0.1, 0.15) is 0 Å². The summed E-state index contributed by atoms with van der Waals surface area (Å²) in [6.07, 6.45) is -8.61. The smallest absolute Gasteiger partial charge is 0.394 e. The molecule has 1 heterocycles. The summed E-state index contributed by atoms with van der Waals surface area (Å²) in [5, 5.41) is 36.5. The average Bonchev–Trinajstić information content (AvgIpc) is 2.17. The predicted molar refractivity (Wildman–Crippen MR) is 45.8 cm³/mol. The molecule has 0 aromatic carbocycles. The molecule has 0 aromatic rings. The maximum atomic E-state index is 12.3. The molecule has 0 aromatic heterocycles. The average molecular weight is 262 g/mol. The summed E-state index contributed by atoms with van der Waals surface area (Å²) in [7, 11) is -5.41. The number of ether oxygens (including phenoxy) is 1. The van der Waals surface area contributed by atoms with E-state index < -0.39 is 45.2 Å². The van der Waals surface area contributed by atoms with Crippen LogP contribution in [0.25, 0.3) is 0 Å². The summed E-state index contributed by atoms with van der Waals surface area (Å²) < 4.78 is 31.0. The topological polar surface area (TPSA) is 137 Å². The van der Waals surface area contributed by atoms with E-state index in [0.29, 0.717) is 0 Å². The molecule has 0 radical (unpaired) electrons. The van der Waals surface area contributed by atoms with Gasteiger partial charge in [-0.15, -0.1) is 4.20 Å². The van der Waals surface area contributed by atoms with E-state index >= 15 is 0 Å². The van der Waals surface area contributed by atoms with Gasteiger partial charge in [-0.3, -0.25) is 9.42 Å². The Morgan fingerprint density at radius 1 is 1.25 bits per heavy atom. The molecule has 0 amide bonds. The van der Waals surface area contributed by atoms with E-state index in [1.807, 2.05) is 0 Å². The predicted octanol–water partition coefficient (Wildman–Crippen LogP) is -2.13. The van der Waals surface area contributed by atoms with Crippen molar-refractivity contribution in [2.45, 2.75) is 30.7 Å². The summed E-state index contributed by atoms with van der Waals surface area (Å²) >= 11 is 0. The maximum absolute atomic E-state index is 12.3. The van der Waals surface area contributed by atoms with Gasteiger partial charge in [0, 0.05) is 0 Å². The second-order valence-electron chi connectivity index (χ2n) is 3.25. The number of rotatable bonds is 3. The Labute approximate surface area is 89.5 Å². The molecular formula is C6H12FO8P. The van der Waals surface area contributed by atoms with Gasteiger partial charge in [0.1, 0.15) is 24.4 Å². The lowest BCUT2D eigenvalue weighted by Crippen LogP contribution is -2.58. The van der Waals surface area contributed by atoms with Crippen LogP contribution in [-0.2, 0) is 13.8 Å². The van der Waals surface area contributed by atoms with Crippen LogP contribution in [0.2, 0.25) is 0 Å². The third-order valence-corrected chi connectivity index (χ3v) is 2.55. The molecule has 6 atom stereocenters. The first-order valence-electron chi connectivity index (χ1n) is 4.27. The SMILES string of the molecule is O=P(O)(F)O[C@H]1O[C@H](CO)[C@@H](O)[C@H](O)[C@H]1O. The van der Waals surface area contributed by atoms with Crippen LogP contribution in [0.4, 0.5) is 4.20 Å². The van der Waals surface area contributed by atoms with E-state index in [4.69, 9.17) is 10.00 Å². The summed E-state index contributed by atoms with van der Waals surface area (Å²) in [5.41, 5.74) is 0. The molecule has 96 valence electrons. The van der Waals surface area contributed by atoms with Crippen LogP contribution in [0, 0.1) is 0 Å². The highest BCUT2D eigenvalue weighted by molar-refractivity contribution is 7.46. The molecule has 1 fully saturated rings. The van der Waals surface area contributed by atoms with Crippen LogP contribution in [-0.4, -0.2) is 62.6 Å². The van der Waals surface area contributed by atoms with E-state index in [-0.39, 0.29) is 0 Å². The van der Waals surface area contributed by atoms with Crippen LogP contribution in [0.5, 0.6) is 0 Å². The molecule has 1 saturated heterocycles. The number of aliphatic hydroxyl groups is 4. The summed E-state index contributed by atoms with van der Waals surface area (Å²) in [6, 6.07) is 0. The quantitative estimate of drug-likeness (QED) is 0.364. The fourth-order valence-electron chi connectivity index (χ4n) is 1.28. The van der Waals surface area contributed by atoms with Crippen LogP contribution in [0.15, 0.2) is 0 Å². The lowest BCUT2D eigenvalue weighted by atomic mass is 10.00. The van der Waals surface area contributed by atoms with E-state index in [9.17, 15) is 24.1 Å². The highest BCUT2D eigenvalue weighted by Gasteiger charge is 2.46. The Morgan fingerprint density at radius 3 is 2.25 bits per heavy atom. The molecule has 1 aliphatic rings. The van der Waals surface area contributed by atoms with Crippen molar-refractivity contribution < 1.29 is 43.3 Å². The van der Waals surface area contributed by atoms with Crippen molar-refractivity contribution in [2.24, 2.45) is 0 Å². The molecule has 1 rings (SSSR count). The zero-order valence-corrected chi connectivity index (χ0v) is 8.77. The molecule has 1 aliphatic heterocycles.